The monoisotopic (exact) mass is 569 g/mol. The van der Waals surface area contributed by atoms with Crippen LogP contribution in [0.15, 0.2) is 66.7 Å². The molecule has 7 nitrogen and oxygen atoms in total. The molecule has 1 heterocycles. The van der Waals surface area contributed by atoms with Gasteiger partial charge in [-0.2, -0.15) is 0 Å². The second-order valence-electron chi connectivity index (χ2n) is 11.2. The van der Waals surface area contributed by atoms with Crippen molar-refractivity contribution in [3.63, 3.8) is 0 Å². The number of hydrogen-bond acceptors (Lipinski definition) is 5. The molecule has 7 heteroatoms. The highest BCUT2D eigenvalue weighted by atomic mass is 16.2. The van der Waals surface area contributed by atoms with Gasteiger partial charge in [-0.25, -0.2) is 0 Å². The van der Waals surface area contributed by atoms with Crippen molar-refractivity contribution in [3.8, 4) is 0 Å². The van der Waals surface area contributed by atoms with Crippen LogP contribution in [-0.2, 0) is 4.79 Å². The summed E-state index contributed by atoms with van der Waals surface area (Å²) in [5.41, 5.74) is 6.65. The van der Waals surface area contributed by atoms with Gasteiger partial charge < -0.3 is 24.5 Å². The number of carbonyl (C=O) groups excluding carboxylic acids is 2. The summed E-state index contributed by atoms with van der Waals surface area (Å²) in [6.07, 6.45) is 0.635. The molecule has 0 spiro atoms. The highest BCUT2D eigenvalue weighted by Crippen LogP contribution is 2.44. The van der Waals surface area contributed by atoms with Crippen LogP contribution < -0.4 is 24.5 Å². The van der Waals surface area contributed by atoms with E-state index in [0.29, 0.717) is 12.0 Å². The zero-order valence-electron chi connectivity index (χ0n) is 26.6. The Morgan fingerprint density at radius 1 is 0.738 bits per heavy atom. The third-order valence-corrected chi connectivity index (χ3v) is 8.52. The molecule has 2 amide bonds. The summed E-state index contributed by atoms with van der Waals surface area (Å²) in [4.78, 5) is 37.9. The molecule has 0 aliphatic carbocycles. The van der Waals surface area contributed by atoms with Crippen LogP contribution in [0.1, 0.15) is 69.9 Å². The molecule has 224 valence electrons. The highest BCUT2D eigenvalue weighted by molar-refractivity contribution is 6.08. The van der Waals surface area contributed by atoms with Gasteiger partial charge in [0.2, 0.25) is 5.91 Å². The third-order valence-electron chi connectivity index (χ3n) is 8.52. The van der Waals surface area contributed by atoms with Gasteiger partial charge >= 0.3 is 0 Å². The molecule has 0 aromatic heterocycles. The number of fused-ring (bicyclic) bond motifs is 1. The Morgan fingerprint density at radius 3 is 1.76 bits per heavy atom. The van der Waals surface area contributed by atoms with Crippen LogP contribution in [0.2, 0.25) is 0 Å². The van der Waals surface area contributed by atoms with E-state index in [9.17, 15) is 9.59 Å². The van der Waals surface area contributed by atoms with Crippen LogP contribution >= 0.6 is 0 Å². The van der Waals surface area contributed by atoms with Gasteiger partial charge in [0.05, 0.1) is 11.7 Å². The number of rotatable bonds is 10. The second kappa shape index (κ2) is 13.3. The van der Waals surface area contributed by atoms with E-state index in [4.69, 9.17) is 0 Å². The fourth-order valence-electron chi connectivity index (χ4n) is 6.19. The maximum atomic E-state index is 14.1. The van der Waals surface area contributed by atoms with E-state index in [2.05, 4.69) is 74.8 Å². The summed E-state index contributed by atoms with van der Waals surface area (Å²) in [6, 6.07) is 22.1. The van der Waals surface area contributed by atoms with Gasteiger partial charge in [-0.05, 0) is 107 Å². The van der Waals surface area contributed by atoms with E-state index in [1.54, 1.807) is 6.92 Å². The quantitative estimate of drug-likeness (QED) is 0.264. The van der Waals surface area contributed by atoms with Crippen molar-refractivity contribution < 1.29 is 9.59 Å². The third kappa shape index (κ3) is 6.10. The normalized spacial score (nSPS) is 16.0. The van der Waals surface area contributed by atoms with Gasteiger partial charge in [-0.1, -0.05) is 6.07 Å². The first-order chi connectivity index (χ1) is 20.1. The van der Waals surface area contributed by atoms with Crippen LogP contribution in [0.5, 0.6) is 0 Å². The fraction of sp³-hybridized carbons (Fsp3) is 0.429. The van der Waals surface area contributed by atoms with E-state index in [0.717, 1.165) is 60.2 Å². The molecule has 0 bridgehead atoms. The molecule has 2 atom stereocenters. The molecular weight excluding hydrogens is 522 g/mol. The van der Waals surface area contributed by atoms with E-state index in [1.165, 1.54) is 0 Å². The van der Waals surface area contributed by atoms with E-state index >= 15 is 0 Å². The summed E-state index contributed by atoms with van der Waals surface area (Å²) in [5, 5.41) is 0. The lowest BCUT2D eigenvalue weighted by atomic mass is 9.89. The van der Waals surface area contributed by atoms with E-state index in [1.807, 2.05) is 65.2 Å². The predicted octanol–water partition coefficient (Wildman–Crippen LogP) is 6.98. The second-order valence-corrected chi connectivity index (χ2v) is 11.2. The summed E-state index contributed by atoms with van der Waals surface area (Å²) >= 11 is 0. The molecule has 0 saturated heterocycles. The molecule has 0 radical (unpaired) electrons. The van der Waals surface area contributed by atoms with E-state index in [-0.39, 0.29) is 23.9 Å². The van der Waals surface area contributed by atoms with Gasteiger partial charge in [0, 0.05) is 81.6 Å². The molecule has 1 aliphatic heterocycles. The minimum Gasteiger partial charge on any atom is -0.378 e. The lowest BCUT2D eigenvalue weighted by Crippen LogP contribution is -2.47. The predicted molar refractivity (Wildman–Crippen MR) is 178 cm³/mol. The number of nitrogens with zero attached hydrogens (tertiary/aromatic N) is 5. The maximum Gasteiger partial charge on any atom is 0.258 e. The van der Waals surface area contributed by atoms with Crippen molar-refractivity contribution in [1.82, 2.24) is 0 Å². The van der Waals surface area contributed by atoms with Crippen LogP contribution in [0.25, 0.3) is 0 Å². The lowest BCUT2D eigenvalue weighted by molar-refractivity contribution is -0.117. The number of hydrogen-bond donors (Lipinski definition) is 0. The number of carbonyl (C=O) groups is 2. The smallest absolute Gasteiger partial charge is 0.258 e. The van der Waals surface area contributed by atoms with Crippen molar-refractivity contribution in [2.45, 2.75) is 60.0 Å². The molecular formula is C35H47N5O2. The summed E-state index contributed by atoms with van der Waals surface area (Å²) < 4.78 is 0. The first-order valence-corrected chi connectivity index (χ1v) is 15.3. The lowest BCUT2D eigenvalue weighted by Gasteiger charge is -2.44. The Morgan fingerprint density at radius 2 is 1.24 bits per heavy atom. The minimum atomic E-state index is -0.197. The van der Waals surface area contributed by atoms with Crippen molar-refractivity contribution in [2.24, 2.45) is 0 Å². The van der Waals surface area contributed by atoms with Gasteiger partial charge in [-0.3, -0.25) is 9.59 Å². The largest absolute Gasteiger partial charge is 0.378 e. The molecule has 3 aromatic rings. The van der Waals surface area contributed by atoms with E-state index < -0.39 is 0 Å². The van der Waals surface area contributed by atoms with Crippen molar-refractivity contribution >= 4 is 40.3 Å². The average Bonchev–Trinajstić information content (AvgIpc) is 2.99. The highest BCUT2D eigenvalue weighted by Gasteiger charge is 2.38. The fourth-order valence-corrected chi connectivity index (χ4v) is 6.19. The van der Waals surface area contributed by atoms with Crippen LogP contribution in [-0.4, -0.2) is 58.1 Å². The maximum absolute atomic E-state index is 14.1. The van der Waals surface area contributed by atoms with Crippen LogP contribution in [0.4, 0.5) is 28.4 Å². The Hall–Kier alpha value is -4.00. The average molecular weight is 570 g/mol. The number of benzene rings is 3. The SMILES string of the molecule is CCN(CC)c1ccc(N(C(C)=O)[C@@H]2C[C@H](C)N(C(=O)c3ccc(N(C)C)cc3)c3cc(N(CC)CC)ccc32)cc1. The van der Waals surface area contributed by atoms with Crippen molar-refractivity contribution in [1.29, 1.82) is 0 Å². The van der Waals surface area contributed by atoms with Crippen LogP contribution in [0.3, 0.4) is 0 Å². The van der Waals surface area contributed by atoms with Gasteiger partial charge in [-0.15, -0.1) is 0 Å². The number of anilines is 5. The van der Waals surface area contributed by atoms with Crippen LogP contribution in [0, 0.1) is 0 Å². The zero-order valence-corrected chi connectivity index (χ0v) is 26.6. The molecule has 42 heavy (non-hydrogen) atoms. The van der Waals surface area contributed by atoms with Crippen molar-refractivity contribution in [3.05, 3.63) is 77.9 Å². The zero-order chi connectivity index (χ0) is 30.6. The van der Waals surface area contributed by atoms with Crippen molar-refractivity contribution in [2.75, 3.05) is 64.8 Å². The van der Waals surface area contributed by atoms with Gasteiger partial charge in [0.25, 0.3) is 5.91 Å². The molecule has 0 N–H and O–H groups in total. The summed E-state index contributed by atoms with van der Waals surface area (Å²) in [7, 11) is 3.99. The molecule has 0 fully saturated rings. The Bertz CT molecular complexity index is 1360. The number of amides is 2. The summed E-state index contributed by atoms with van der Waals surface area (Å²) in [5.74, 6) is -0.0391. The molecule has 0 saturated carbocycles. The first kappa shape index (κ1) is 30.9. The molecule has 0 unspecified atom stereocenters. The molecule has 3 aromatic carbocycles. The Kier molecular flexibility index (Phi) is 9.81. The first-order valence-electron chi connectivity index (χ1n) is 15.3. The standard InChI is InChI=1S/C35H47N5O2/c1-9-37(10-2)29-17-19-30(20-18-29)40(26(6)41)33-23-25(5)39(35(42)27-13-15-28(16-14-27)36(7)8)34-24-31(21-22-32(33)34)38(11-3)12-4/h13-22,24-25,33H,9-12,23H2,1-8H3/t25-,33+/m0/s1. The Balaban J connectivity index is 1.81. The van der Waals surface area contributed by atoms with Gasteiger partial charge in [0.15, 0.2) is 0 Å². The van der Waals surface area contributed by atoms with Gasteiger partial charge in [0.1, 0.15) is 0 Å². The minimum absolute atomic E-state index is 0.0133. The Labute approximate surface area is 252 Å². The topological polar surface area (TPSA) is 50.3 Å². The molecule has 4 rings (SSSR count). The summed E-state index contributed by atoms with van der Waals surface area (Å²) in [6.45, 7) is 15.9. The molecule has 1 aliphatic rings.